The number of benzene rings is 2. The Labute approximate surface area is 152 Å². The van der Waals surface area contributed by atoms with E-state index < -0.39 is 17.7 Å². The molecule has 0 radical (unpaired) electrons. The van der Waals surface area contributed by atoms with Gasteiger partial charge in [0.1, 0.15) is 17.4 Å². The molecule has 0 heterocycles. The minimum Gasteiger partial charge on any atom is -0.483 e. The fraction of sp³-hybridized carbons (Fsp3) is 0.350. The van der Waals surface area contributed by atoms with Crippen LogP contribution in [0.5, 0.6) is 5.75 Å². The number of carbonyl (C=O) groups is 1. The highest BCUT2D eigenvalue weighted by molar-refractivity contribution is 5.77. The van der Waals surface area contributed by atoms with Crippen LogP contribution in [0.4, 0.5) is 8.78 Å². The lowest BCUT2D eigenvalue weighted by Gasteiger charge is -2.26. The first kappa shape index (κ1) is 19.8. The molecule has 2 rings (SSSR count). The Bertz CT molecular complexity index is 738. The van der Waals surface area contributed by atoms with Gasteiger partial charge < -0.3 is 15.0 Å². The summed E-state index contributed by atoms with van der Waals surface area (Å²) in [5, 5.41) is 2.69. The summed E-state index contributed by atoms with van der Waals surface area (Å²) in [6, 6.07) is 8.84. The number of amides is 1. The maximum Gasteiger partial charge on any atom is 0.258 e. The molecule has 1 atom stereocenters. The number of likely N-dealkylation sites (N-methyl/N-ethyl adjacent to an activating group) is 1. The molecule has 6 heteroatoms. The first-order valence-corrected chi connectivity index (χ1v) is 8.37. The van der Waals surface area contributed by atoms with Gasteiger partial charge in [-0.1, -0.05) is 24.3 Å². The summed E-state index contributed by atoms with van der Waals surface area (Å²) in [6.07, 6.45) is 0. The van der Waals surface area contributed by atoms with Crippen molar-refractivity contribution < 1.29 is 18.3 Å². The lowest BCUT2D eigenvalue weighted by molar-refractivity contribution is -0.123. The molecule has 1 unspecified atom stereocenters. The van der Waals surface area contributed by atoms with E-state index in [9.17, 15) is 13.6 Å². The molecule has 2 aromatic rings. The van der Waals surface area contributed by atoms with E-state index in [4.69, 9.17) is 4.74 Å². The number of aryl methyl sites for hydroxylation is 2. The normalized spacial score (nSPS) is 12.1. The number of halogens is 2. The first-order chi connectivity index (χ1) is 12.3. The van der Waals surface area contributed by atoms with Gasteiger partial charge >= 0.3 is 0 Å². The summed E-state index contributed by atoms with van der Waals surface area (Å²) in [6.45, 7) is 3.72. The van der Waals surface area contributed by atoms with E-state index in [0.29, 0.717) is 5.75 Å². The minimum atomic E-state index is -0.635. The van der Waals surface area contributed by atoms with Crippen molar-refractivity contribution in [2.75, 3.05) is 27.2 Å². The predicted octanol–water partition coefficient (Wildman–Crippen LogP) is 3.38. The molecule has 0 spiro atoms. The molecule has 1 amide bonds. The Morgan fingerprint density at radius 2 is 1.62 bits per heavy atom. The Kier molecular flexibility index (Phi) is 6.69. The second-order valence-corrected chi connectivity index (χ2v) is 6.43. The number of carbonyl (C=O) groups excluding carboxylic acids is 1. The van der Waals surface area contributed by atoms with Gasteiger partial charge in [-0.15, -0.1) is 0 Å². The van der Waals surface area contributed by atoms with Crippen LogP contribution in [-0.2, 0) is 4.79 Å². The zero-order valence-electron chi connectivity index (χ0n) is 15.5. The summed E-state index contributed by atoms with van der Waals surface area (Å²) >= 11 is 0. The van der Waals surface area contributed by atoms with Crippen LogP contribution in [0, 0.1) is 25.5 Å². The van der Waals surface area contributed by atoms with Crippen molar-refractivity contribution in [3.63, 3.8) is 0 Å². The van der Waals surface area contributed by atoms with Crippen LogP contribution >= 0.6 is 0 Å². The van der Waals surface area contributed by atoms with Crippen LogP contribution in [0.1, 0.15) is 22.7 Å². The van der Waals surface area contributed by atoms with E-state index in [0.717, 1.165) is 11.1 Å². The molecule has 0 bridgehead atoms. The molecule has 0 aliphatic carbocycles. The van der Waals surface area contributed by atoms with E-state index in [1.165, 1.54) is 18.2 Å². The van der Waals surface area contributed by atoms with Crippen molar-refractivity contribution in [3.8, 4) is 5.75 Å². The van der Waals surface area contributed by atoms with Gasteiger partial charge in [0.2, 0.25) is 0 Å². The van der Waals surface area contributed by atoms with Crippen molar-refractivity contribution in [2.24, 2.45) is 0 Å². The van der Waals surface area contributed by atoms with Gasteiger partial charge in [-0.05, 0) is 51.2 Å². The van der Waals surface area contributed by atoms with Gasteiger partial charge in [-0.2, -0.15) is 0 Å². The number of ether oxygens (including phenoxy) is 1. The van der Waals surface area contributed by atoms with Gasteiger partial charge in [0, 0.05) is 12.1 Å². The SMILES string of the molecule is Cc1cccc(C)c1OCC(=O)NCC(c1c(F)cccc1F)N(C)C. The highest BCUT2D eigenvalue weighted by Crippen LogP contribution is 2.24. The zero-order valence-corrected chi connectivity index (χ0v) is 15.5. The molecule has 2 aromatic carbocycles. The van der Waals surface area contributed by atoms with Gasteiger partial charge in [0.05, 0.1) is 6.04 Å². The Hall–Kier alpha value is -2.47. The molecule has 0 aliphatic heterocycles. The number of nitrogens with zero attached hydrogens (tertiary/aromatic N) is 1. The van der Waals surface area contributed by atoms with Crippen molar-refractivity contribution in [3.05, 3.63) is 64.7 Å². The molecule has 0 saturated carbocycles. The van der Waals surface area contributed by atoms with Gasteiger partial charge in [0.25, 0.3) is 5.91 Å². The van der Waals surface area contributed by atoms with Crippen molar-refractivity contribution >= 4 is 5.91 Å². The maximum absolute atomic E-state index is 14.0. The first-order valence-electron chi connectivity index (χ1n) is 8.37. The summed E-state index contributed by atoms with van der Waals surface area (Å²) in [5.74, 6) is -0.947. The number of hydrogen-bond donors (Lipinski definition) is 1. The molecule has 0 aromatic heterocycles. The molecule has 1 N–H and O–H groups in total. The molecule has 140 valence electrons. The Morgan fingerprint density at radius 3 is 2.15 bits per heavy atom. The molecule has 0 saturated heterocycles. The van der Waals surface area contributed by atoms with Crippen LogP contribution in [0.25, 0.3) is 0 Å². The largest absolute Gasteiger partial charge is 0.483 e. The maximum atomic E-state index is 14.0. The number of hydrogen-bond acceptors (Lipinski definition) is 3. The van der Waals surface area contributed by atoms with Crippen LogP contribution in [0.15, 0.2) is 36.4 Å². The average Bonchev–Trinajstić information content (AvgIpc) is 2.56. The standard InChI is InChI=1S/C20H24F2N2O2/c1-13-7-5-8-14(2)20(13)26-12-18(25)23-11-17(24(3)4)19-15(21)9-6-10-16(19)22/h5-10,17H,11-12H2,1-4H3,(H,23,25). The molecule has 0 fully saturated rings. The fourth-order valence-corrected chi connectivity index (χ4v) is 2.80. The molecular weight excluding hydrogens is 338 g/mol. The third-order valence-corrected chi connectivity index (χ3v) is 4.21. The van der Waals surface area contributed by atoms with Crippen LogP contribution in [0.2, 0.25) is 0 Å². The van der Waals surface area contributed by atoms with Crippen LogP contribution in [-0.4, -0.2) is 38.1 Å². The highest BCUT2D eigenvalue weighted by atomic mass is 19.1. The van der Waals surface area contributed by atoms with Crippen LogP contribution < -0.4 is 10.1 Å². The fourth-order valence-electron chi connectivity index (χ4n) is 2.80. The Morgan fingerprint density at radius 1 is 1.08 bits per heavy atom. The topological polar surface area (TPSA) is 41.6 Å². The molecular formula is C20H24F2N2O2. The number of rotatable bonds is 7. The van der Waals surface area contributed by atoms with E-state index in [-0.39, 0.29) is 24.6 Å². The number of para-hydroxylation sites is 1. The van der Waals surface area contributed by atoms with Gasteiger partial charge in [-0.25, -0.2) is 8.78 Å². The van der Waals surface area contributed by atoms with E-state index >= 15 is 0 Å². The lowest BCUT2D eigenvalue weighted by atomic mass is 10.0. The highest BCUT2D eigenvalue weighted by Gasteiger charge is 2.22. The summed E-state index contributed by atoms with van der Waals surface area (Å²) < 4.78 is 33.7. The smallest absolute Gasteiger partial charge is 0.258 e. The minimum absolute atomic E-state index is 0.0616. The van der Waals surface area contributed by atoms with Gasteiger partial charge in [0.15, 0.2) is 6.61 Å². The third kappa shape index (κ3) is 4.79. The monoisotopic (exact) mass is 362 g/mol. The second-order valence-electron chi connectivity index (χ2n) is 6.43. The Balaban J connectivity index is 2.00. The lowest BCUT2D eigenvalue weighted by Crippen LogP contribution is -2.37. The van der Waals surface area contributed by atoms with Crippen molar-refractivity contribution in [1.29, 1.82) is 0 Å². The third-order valence-electron chi connectivity index (χ3n) is 4.21. The predicted molar refractivity (Wildman–Crippen MR) is 97.2 cm³/mol. The zero-order chi connectivity index (χ0) is 19.3. The molecule has 4 nitrogen and oxygen atoms in total. The molecule has 0 aliphatic rings. The van der Waals surface area contributed by atoms with Gasteiger partial charge in [-0.3, -0.25) is 4.79 Å². The second kappa shape index (κ2) is 8.76. The number of nitrogens with one attached hydrogen (secondary N) is 1. The van der Waals surface area contributed by atoms with Crippen molar-refractivity contribution in [1.82, 2.24) is 10.2 Å². The van der Waals surface area contributed by atoms with E-state index in [2.05, 4.69) is 5.32 Å². The van der Waals surface area contributed by atoms with Crippen molar-refractivity contribution in [2.45, 2.75) is 19.9 Å². The quantitative estimate of drug-likeness (QED) is 0.821. The average molecular weight is 362 g/mol. The van der Waals surface area contributed by atoms with Crippen LogP contribution in [0.3, 0.4) is 0 Å². The molecule has 26 heavy (non-hydrogen) atoms. The van der Waals surface area contributed by atoms with E-state index in [1.807, 2.05) is 32.0 Å². The summed E-state index contributed by atoms with van der Waals surface area (Å²) in [7, 11) is 3.41. The summed E-state index contributed by atoms with van der Waals surface area (Å²) in [5.41, 5.74) is 1.82. The van der Waals surface area contributed by atoms with E-state index in [1.54, 1.807) is 19.0 Å². The summed E-state index contributed by atoms with van der Waals surface area (Å²) in [4.78, 5) is 13.8.